The number of carbonyl (C=O) groups is 1. The summed E-state index contributed by atoms with van der Waals surface area (Å²) in [7, 11) is 3.51. The summed E-state index contributed by atoms with van der Waals surface area (Å²) in [5.74, 6) is 0. The second-order valence-electron chi connectivity index (χ2n) is 5.14. The number of hydrogen-bond acceptors (Lipinski definition) is 3. The van der Waals surface area contributed by atoms with Gasteiger partial charge in [0.2, 0.25) is 0 Å². The van der Waals surface area contributed by atoms with E-state index in [1.54, 1.807) is 19.0 Å². The highest BCUT2D eigenvalue weighted by molar-refractivity contribution is 5.73. The molecule has 18 heavy (non-hydrogen) atoms. The molecule has 2 amide bonds. The molecule has 1 heterocycles. The van der Waals surface area contributed by atoms with Crippen LogP contribution in [0.1, 0.15) is 26.2 Å². The third-order valence-corrected chi connectivity index (χ3v) is 3.51. The van der Waals surface area contributed by atoms with Crippen molar-refractivity contribution in [1.82, 2.24) is 20.4 Å². The second-order valence-corrected chi connectivity index (χ2v) is 5.14. The van der Waals surface area contributed by atoms with Gasteiger partial charge in [0.1, 0.15) is 0 Å². The van der Waals surface area contributed by atoms with Gasteiger partial charge < -0.3 is 20.4 Å². The van der Waals surface area contributed by atoms with E-state index in [0.717, 1.165) is 13.1 Å². The first-order valence-electron chi connectivity index (χ1n) is 7.04. The molecule has 0 aromatic rings. The molecule has 106 valence electrons. The molecule has 5 nitrogen and oxygen atoms in total. The number of amides is 2. The first kappa shape index (κ1) is 15.2. The van der Waals surface area contributed by atoms with E-state index in [4.69, 9.17) is 0 Å². The van der Waals surface area contributed by atoms with Crippen LogP contribution in [0.15, 0.2) is 0 Å². The van der Waals surface area contributed by atoms with Crippen LogP contribution in [0.25, 0.3) is 0 Å². The molecule has 1 fully saturated rings. The van der Waals surface area contributed by atoms with Gasteiger partial charge in [0.05, 0.1) is 0 Å². The van der Waals surface area contributed by atoms with Crippen molar-refractivity contribution < 1.29 is 4.79 Å². The number of carbonyl (C=O) groups excluding carboxylic acids is 1. The summed E-state index contributed by atoms with van der Waals surface area (Å²) in [4.78, 5) is 15.4. The van der Waals surface area contributed by atoms with E-state index in [1.165, 1.54) is 32.4 Å². The molecule has 5 heteroatoms. The molecule has 1 rings (SSSR count). The Balaban J connectivity index is 2.10. The number of hydrogen-bond donors (Lipinski definition) is 2. The fraction of sp³-hybridized carbons (Fsp3) is 0.923. The van der Waals surface area contributed by atoms with Crippen LogP contribution >= 0.6 is 0 Å². The Bertz CT molecular complexity index is 245. The van der Waals surface area contributed by atoms with E-state index < -0.39 is 0 Å². The summed E-state index contributed by atoms with van der Waals surface area (Å²) in [6.45, 7) is 7.36. The third kappa shape index (κ3) is 5.69. The molecule has 1 saturated heterocycles. The van der Waals surface area contributed by atoms with E-state index in [-0.39, 0.29) is 6.03 Å². The highest BCUT2D eigenvalue weighted by Crippen LogP contribution is 2.10. The maximum atomic E-state index is 11.3. The van der Waals surface area contributed by atoms with E-state index in [2.05, 4.69) is 22.5 Å². The van der Waals surface area contributed by atoms with Gasteiger partial charge in [-0.1, -0.05) is 6.92 Å². The number of nitrogens with one attached hydrogen (secondary N) is 2. The van der Waals surface area contributed by atoms with Crippen molar-refractivity contribution in [3.05, 3.63) is 0 Å². The van der Waals surface area contributed by atoms with Crippen LogP contribution in [0.3, 0.4) is 0 Å². The molecule has 1 unspecified atom stereocenters. The Morgan fingerprint density at radius 3 is 2.72 bits per heavy atom. The first-order valence-corrected chi connectivity index (χ1v) is 7.04. The van der Waals surface area contributed by atoms with Crippen LogP contribution < -0.4 is 10.6 Å². The molecule has 0 spiro atoms. The average molecular weight is 256 g/mol. The molecule has 0 aromatic carbocycles. The second kappa shape index (κ2) is 8.32. The quantitative estimate of drug-likeness (QED) is 0.713. The van der Waals surface area contributed by atoms with Crippen molar-refractivity contribution in [1.29, 1.82) is 0 Å². The normalized spacial score (nSPS) is 21.4. The van der Waals surface area contributed by atoms with E-state index >= 15 is 0 Å². The van der Waals surface area contributed by atoms with Crippen LogP contribution in [0, 0.1) is 0 Å². The Morgan fingerprint density at radius 1 is 1.28 bits per heavy atom. The van der Waals surface area contributed by atoms with E-state index in [9.17, 15) is 4.79 Å². The van der Waals surface area contributed by atoms with Crippen molar-refractivity contribution in [2.24, 2.45) is 0 Å². The highest BCUT2D eigenvalue weighted by atomic mass is 16.2. The van der Waals surface area contributed by atoms with Gasteiger partial charge in [-0.05, 0) is 38.9 Å². The Labute approximate surface area is 111 Å². The van der Waals surface area contributed by atoms with Crippen LogP contribution in [0.5, 0.6) is 0 Å². The van der Waals surface area contributed by atoms with Gasteiger partial charge in [-0.25, -0.2) is 4.79 Å². The summed E-state index contributed by atoms with van der Waals surface area (Å²) < 4.78 is 0. The Kier molecular flexibility index (Phi) is 7.05. The lowest BCUT2D eigenvalue weighted by molar-refractivity contribution is 0.217. The minimum absolute atomic E-state index is 0.0187. The molecule has 0 aromatic heterocycles. The van der Waals surface area contributed by atoms with Crippen molar-refractivity contribution in [2.45, 2.75) is 32.2 Å². The van der Waals surface area contributed by atoms with Crippen molar-refractivity contribution >= 4 is 6.03 Å². The summed E-state index contributed by atoms with van der Waals surface area (Å²) >= 11 is 0. The lowest BCUT2D eigenvalue weighted by Gasteiger charge is -2.19. The predicted octanol–water partition coefficient (Wildman–Crippen LogP) is 0.722. The zero-order valence-electron chi connectivity index (χ0n) is 12.0. The zero-order valence-corrected chi connectivity index (χ0v) is 12.0. The largest absolute Gasteiger partial charge is 0.337 e. The maximum absolute atomic E-state index is 11.3. The van der Waals surface area contributed by atoms with Gasteiger partial charge in [-0.3, -0.25) is 0 Å². The van der Waals surface area contributed by atoms with Crippen LogP contribution in [-0.2, 0) is 0 Å². The molecule has 1 aliphatic heterocycles. The molecule has 0 saturated carbocycles. The van der Waals surface area contributed by atoms with Crippen molar-refractivity contribution in [3.8, 4) is 0 Å². The predicted molar refractivity (Wildman–Crippen MR) is 74.8 cm³/mol. The topological polar surface area (TPSA) is 47.6 Å². The minimum Gasteiger partial charge on any atom is -0.337 e. The Morgan fingerprint density at radius 2 is 2.06 bits per heavy atom. The van der Waals surface area contributed by atoms with Gasteiger partial charge in [0, 0.05) is 33.2 Å². The van der Waals surface area contributed by atoms with Crippen molar-refractivity contribution in [2.75, 3.05) is 46.8 Å². The number of likely N-dealkylation sites (tertiary alicyclic amines) is 1. The van der Waals surface area contributed by atoms with Crippen molar-refractivity contribution in [3.63, 3.8) is 0 Å². The number of nitrogens with zero attached hydrogens (tertiary/aromatic N) is 2. The molecule has 2 N–H and O–H groups in total. The number of urea groups is 1. The SMILES string of the molecule is CCN1CCCC(NCCNC(=O)N(C)C)CC1. The van der Waals surface area contributed by atoms with E-state index in [1.807, 2.05) is 0 Å². The molecule has 0 aliphatic carbocycles. The summed E-state index contributed by atoms with van der Waals surface area (Å²) in [5, 5.41) is 6.41. The van der Waals surface area contributed by atoms with Gasteiger partial charge in [-0.2, -0.15) is 0 Å². The standard InChI is InChI=1S/C13H28N4O/c1-4-17-10-5-6-12(7-11-17)14-8-9-15-13(18)16(2)3/h12,14H,4-11H2,1-3H3,(H,15,18). The summed E-state index contributed by atoms with van der Waals surface area (Å²) in [6.07, 6.45) is 3.74. The fourth-order valence-corrected chi connectivity index (χ4v) is 2.28. The maximum Gasteiger partial charge on any atom is 0.316 e. The van der Waals surface area contributed by atoms with Crippen LogP contribution in [0.2, 0.25) is 0 Å². The first-order chi connectivity index (χ1) is 8.63. The summed E-state index contributed by atoms with van der Waals surface area (Å²) in [6, 6.07) is 0.590. The molecule has 0 radical (unpaired) electrons. The monoisotopic (exact) mass is 256 g/mol. The molecule has 1 atom stereocenters. The lowest BCUT2D eigenvalue weighted by Crippen LogP contribution is -2.41. The van der Waals surface area contributed by atoms with Gasteiger partial charge in [0.15, 0.2) is 0 Å². The third-order valence-electron chi connectivity index (χ3n) is 3.51. The van der Waals surface area contributed by atoms with Gasteiger partial charge >= 0.3 is 6.03 Å². The fourth-order valence-electron chi connectivity index (χ4n) is 2.28. The lowest BCUT2D eigenvalue weighted by atomic mass is 10.1. The minimum atomic E-state index is -0.0187. The molecule has 1 aliphatic rings. The number of rotatable bonds is 5. The molecular formula is C13H28N4O. The molecule has 0 bridgehead atoms. The zero-order chi connectivity index (χ0) is 13.4. The smallest absolute Gasteiger partial charge is 0.316 e. The highest BCUT2D eigenvalue weighted by Gasteiger charge is 2.15. The summed E-state index contributed by atoms with van der Waals surface area (Å²) in [5.41, 5.74) is 0. The van der Waals surface area contributed by atoms with E-state index in [0.29, 0.717) is 12.6 Å². The Hall–Kier alpha value is -0.810. The van der Waals surface area contributed by atoms with Gasteiger partial charge in [0.25, 0.3) is 0 Å². The van der Waals surface area contributed by atoms with Crippen LogP contribution in [0.4, 0.5) is 4.79 Å². The van der Waals surface area contributed by atoms with Gasteiger partial charge in [-0.15, -0.1) is 0 Å². The molecular weight excluding hydrogens is 228 g/mol. The van der Waals surface area contributed by atoms with Crippen LogP contribution in [-0.4, -0.2) is 68.7 Å². The average Bonchev–Trinajstić information content (AvgIpc) is 2.59.